The van der Waals surface area contributed by atoms with E-state index in [4.69, 9.17) is 10.2 Å². The summed E-state index contributed by atoms with van der Waals surface area (Å²) >= 11 is 4.61. The molecule has 0 radical (unpaired) electrons. The second-order valence-electron chi connectivity index (χ2n) is 1.74. The first-order chi connectivity index (χ1) is 4.20. The maximum Gasteiger partial charge on any atom is 0.284 e. The molecule has 1 aromatic heterocycles. The van der Waals surface area contributed by atoms with Crippen LogP contribution in [0.2, 0.25) is 0 Å². The van der Waals surface area contributed by atoms with Crippen molar-refractivity contribution in [3.8, 4) is 0 Å². The van der Waals surface area contributed by atoms with E-state index in [1.54, 1.807) is 6.92 Å². The summed E-state index contributed by atoms with van der Waals surface area (Å²) in [5.41, 5.74) is 5.40. The Morgan fingerprint density at radius 3 is 2.78 bits per heavy atom. The van der Waals surface area contributed by atoms with E-state index < -0.39 is 0 Å². The highest BCUT2D eigenvalue weighted by molar-refractivity contribution is 7.71. The first kappa shape index (κ1) is 6.44. The third kappa shape index (κ3) is 1.36. The minimum atomic E-state index is -0.196. The number of aromatic nitrogens is 2. The molecule has 3 N–H and O–H groups in total. The number of rotatable bonds is 1. The Balaban J connectivity index is 2.98. The van der Waals surface area contributed by atoms with E-state index in [2.05, 4.69) is 22.4 Å². The second-order valence-corrected chi connectivity index (χ2v) is 2.11. The van der Waals surface area contributed by atoms with Crippen LogP contribution >= 0.6 is 12.2 Å². The largest absolute Gasteiger partial charge is 0.412 e. The average Bonchev–Trinajstić information content (AvgIpc) is 2.14. The van der Waals surface area contributed by atoms with E-state index in [1.807, 2.05) is 0 Å². The van der Waals surface area contributed by atoms with Gasteiger partial charge in [0, 0.05) is 0 Å². The molecule has 50 valence electrons. The fourth-order valence-corrected chi connectivity index (χ4v) is 0.567. The molecule has 0 amide bonds. The molecule has 0 saturated heterocycles. The standard InChI is InChI=1S/C4H7N3OS/c1-2(5)3-6-7-4(9)8-3/h2H,5H2,1H3,(H,7,9). The van der Waals surface area contributed by atoms with Crippen molar-refractivity contribution in [3.05, 3.63) is 10.7 Å². The predicted molar refractivity (Wildman–Crippen MR) is 34.3 cm³/mol. The van der Waals surface area contributed by atoms with E-state index in [0.717, 1.165) is 0 Å². The van der Waals surface area contributed by atoms with Crippen LogP contribution in [0.4, 0.5) is 0 Å². The summed E-state index contributed by atoms with van der Waals surface area (Å²) < 4.78 is 4.87. The van der Waals surface area contributed by atoms with Gasteiger partial charge in [-0.05, 0) is 19.1 Å². The van der Waals surface area contributed by atoms with E-state index in [0.29, 0.717) is 5.89 Å². The van der Waals surface area contributed by atoms with Crippen LogP contribution < -0.4 is 5.73 Å². The Kier molecular flexibility index (Phi) is 1.63. The third-order valence-electron chi connectivity index (χ3n) is 0.844. The minimum absolute atomic E-state index is 0.196. The highest BCUT2D eigenvalue weighted by Crippen LogP contribution is 2.03. The summed E-state index contributed by atoms with van der Waals surface area (Å²) in [6, 6.07) is -0.196. The Morgan fingerprint density at radius 1 is 1.89 bits per heavy atom. The first-order valence-electron chi connectivity index (χ1n) is 2.51. The van der Waals surface area contributed by atoms with Crippen molar-refractivity contribution in [2.24, 2.45) is 5.73 Å². The maximum atomic E-state index is 5.40. The van der Waals surface area contributed by atoms with Gasteiger partial charge < -0.3 is 10.2 Å². The van der Waals surface area contributed by atoms with Gasteiger partial charge in [-0.15, -0.1) is 5.10 Å². The number of nitrogens with one attached hydrogen (secondary N) is 1. The lowest BCUT2D eigenvalue weighted by Crippen LogP contribution is -2.04. The van der Waals surface area contributed by atoms with Crippen LogP contribution in [0.25, 0.3) is 0 Å². The predicted octanol–water partition coefficient (Wildman–Crippen LogP) is 0.752. The topological polar surface area (TPSA) is 67.8 Å². The van der Waals surface area contributed by atoms with Crippen molar-refractivity contribution in [2.75, 3.05) is 0 Å². The van der Waals surface area contributed by atoms with Gasteiger partial charge in [0.25, 0.3) is 4.84 Å². The average molecular weight is 145 g/mol. The van der Waals surface area contributed by atoms with Crippen molar-refractivity contribution in [2.45, 2.75) is 13.0 Å². The van der Waals surface area contributed by atoms with Crippen molar-refractivity contribution in [1.29, 1.82) is 0 Å². The molecule has 9 heavy (non-hydrogen) atoms. The van der Waals surface area contributed by atoms with Gasteiger partial charge in [-0.3, -0.25) is 0 Å². The van der Waals surface area contributed by atoms with Crippen LogP contribution in [0.15, 0.2) is 4.42 Å². The van der Waals surface area contributed by atoms with E-state index in [-0.39, 0.29) is 10.9 Å². The van der Waals surface area contributed by atoms with Gasteiger partial charge in [-0.25, -0.2) is 5.10 Å². The summed E-state index contributed by atoms with van der Waals surface area (Å²) in [5.74, 6) is 0.444. The van der Waals surface area contributed by atoms with Gasteiger partial charge in [-0.2, -0.15) is 0 Å². The van der Waals surface area contributed by atoms with Crippen LogP contribution in [0.1, 0.15) is 18.9 Å². The molecule has 4 nitrogen and oxygen atoms in total. The van der Waals surface area contributed by atoms with E-state index in [9.17, 15) is 0 Å². The normalized spacial score (nSPS) is 13.6. The van der Waals surface area contributed by atoms with Gasteiger partial charge in [0.1, 0.15) is 0 Å². The molecule has 0 bridgehead atoms. The van der Waals surface area contributed by atoms with Crippen LogP contribution in [-0.4, -0.2) is 10.2 Å². The van der Waals surface area contributed by atoms with Crippen LogP contribution in [0.3, 0.4) is 0 Å². The van der Waals surface area contributed by atoms with Gasteiger partial charge in [0.05, 0.1) is 6.04 Å². The van der Waals surface area contributed by atoms with Gasteiger partial charge in [0.15, 0.2) is 0 Å². The number of H-pyrrole nitrogens is 1. The summed E-state index contributed by atoms with van der Waals surface area (Å²) in [4.78, 5) is 0.266. The SMILES string of the molecule is CC(N)c1n[nH]c(=S)o1. The summed E-state index contributed by atoms with van der Waals surface area (Å²) in [5, 5.41) is 6.16. The number of hydrogen-bond acceptors (Lipinski definition) is 4. The third-order valence-corrected chi connectivity index (χ3v) is 1.02. The number of aromatic amines is 1. The molecular formula is C4H7N3OS. The lowest BCUT2D eigenvalue weighted by atomic mass is 10.4. The van der Waals surface area contributed by atoms with Crippen molar-refractivity contribution >= 4 is 12.2 Å². The highest BCUT2D eigenvalue weighted by Gasteiger charge is 2.03. The van der Waals surface area contributed by atoms with Gasteiger partial charge in [0.2, 0.25) is 5.89 Å². The van der Waals surface area contributed by atoms with E-state index >= 15 is 0 Å². The zero-order valence-electron chi connectivity index (χ0n) is 4.92. The summed E-state index contributed by atoms with van der Waals surface area (Å²) in [6.45, 7) is 1.77. The van der Waals surface area contributed by atoms with Crippen molar-refractivity contribution in [1.82, 2.24) is 10.2 Å². The number of nitrogens with zero attached hydrogens (tertiary/aromatic N) is 1. The maximum absolute atomic E-state index is 5.40. The zero-order chi connectivity index (χ0) is 6.85. The van der Waals surface area contributed by atoms with Gasteiger partial charge >= 0.3 is 0 Å². The molecule has 0 fully saturated rings. The fourth-order valence-electron chi connectivity index (χ4n) is 0.436. The Bertz CT molecular complexity index is 238. The molecule has 1 heterocycles. The smallest absolute Gasteiger partial charge is 0.284 e. The molecule has 1 aromatic rings. The monoisotopic (exact) mass is 145 g/mol. The van der Waals surface area contributed by atoms with Crippen LogP contribution in [0.5, 0.6) is 0 Å². The molecule has 0 aromatic carbocycles. The number of nitrogens with two attached hydrogens (primary N) is 1. The summed E-state index contributed by atoms with van der Waals surface area (Å²) in [7, 11) is 0. The zero-order valence-corrected chi connectivity index (χ0v) is 5.73. The van der Waals surface area contributed by atoms with Crippen LogP contribution in [-0.2, 0) is 0 Å². The lowest BCUT2D eigenvalue weighted by molar-refractivity contribution is 0.452. The fraction of sp³-hybridized carbons (Fsp3) is 0.500. The first-order valence-corrected chi connectivity index (χ1v) is 2.92. The van der Waals surface area contributed by atoms with Crippen LogP contribution in [0, 0.1) is 4.84 Å². The molecule has 0 spiro atoms. The molecular weight excluding hydrogens is 138 g/mol. The summed E-state index contributed by atoms with van der Waals surface area (Å²) in [6.07, 6.45) is 0. The van der Waals surface area contributed by atoms with E-state index in [1.165, 1.54) is 0 Å². The molecule has 0 aliphatic heterocycles. The Hall–Kier alpha value is -0.680. The quantitative estimate of drug-likeness (QED) is 0.572. The van der Waals surface area contributed by atoms with Crippen molar-refractivity contribution in [3.63, 3.8) is 0 Å². The Labute approximate surface area is 57.1 Å². The Morgan fingerprint density at radius 2 is 2.56 bits per heavy atom. The molecule has 0 aliphatic carbocycles. The molecule has 0 saturated carbocycles. The molecule has 1 unspecified atom stereocenters. The molecule has 1 atom stereocenters. The minimum Gasteiger partial charge on any atom is -0.412 e. The van der Waals surface area contributed by atoms with Gasteiger partial charge in [-0.1, -0.05) is 0 Å². The van der Waals surface area contributed by atoms with Crippen molar-refractivity contribution < 1.29 is 4.42 Å². The molecule has 5 heteroatoms. The number of hydrogen-bond donors (Lipinski definition) is 2. The lowest BCUT2D eigenvalue weighted by Gasteiger charge is -1.92. The molecule has 1 rings (SSSR count). The highest BCUT2D eigenvalue weighted by atomic mass is 32.1. The molecule has 0 aliphatic rings. The second kappa shape index (κ2) is 2.28.